The first-order chi connectivity index (χ1) is 9.40. The number of carbonyl (C=O) groups excluding carboxylic acids is 2. The van der Waals surface area contributed by atoms with Crippen molar-refractivity contribution >= 4 is 17.9 Å². The van der Waals surface area contributed by atoms with Crippen molar-refractivity contribution in [2.45, 2.75) is 44.7 Å². The minimum Gasteiger partial charge on any atom is -0.480 e. The van der Waals surface area contributed by atoms with Gasteiger partial charge in [-0.15, -0.1) is 0 Å². The summed E-state index contributed by atoms with van der Waals surface area (Å²) in [4.78, 5) is 33.3. The number of nitrogens with two attached hydrogens (primary N) is 1. The Morgan fingerprint density at radius 1 is 1.25 bits per heavy atom. The van der Waals surface area contributed by atoms with E-state index in [1.54, 1.807) is 0 Å². The number of hydrogen-bond donors (Lipinski definition) is 4. The van der Waals surface area contributed by atoms with Gasteiger partial charge in [-0.2, -0.15) is 0 Å². The largest absolute Gasteiger partial charge is 0.480 e. The fourth-order valence-corrected chi connectivity index (χ4v) is 1.68. The monoisotopic (exact) mass is 289 g/mol. The first kappa shape index (κ1) is 18.2. The van der Waals surface area contributed by atoms with Crippen molar-refractivity contribution in [2.75, 3.05) is 13.7 Å². The van der Waals surface area contributed by atoms with Gasteiger partial charge >= 0.3 is 12.0 Å². The summed E-state index contributed by atoms with van der Waals surface area (Å²) in [6.45, 7) is 2.31. The number of methoxy groups -OCH3 is 1. The lowest BCUT2D eigenvalue weighted by atomic mass is 10.1. The molecule has 0 aliphatic rings. The number of amides is 3. The molecule has 0 heterocycles. The molecule has 0 aliphatic heterocycles. The zero-order chi connectivity index (χ0) is 15.5. The molecule has 2 atom stereocenters. The Hall–Kier alpha value is -1.83. The summed E-state index contributed by atoms with van der Waals surface area (Å²) in [6.07, 6.45) is 1.44. The molecule has 0 bridgehead atoms. The Morgan fingerprint density at radius 3 is 2.35 bits per heavy atom. The van der Waals surface area contributed by atoms with E-state index in [1.807, 2.05) is 6.92 Å². The van der Waals surface area contributed by atoms with Gasteiger partial charge in [0.1, 0.15) is 6.04 Å². The van der Waals surface area contributed by atoms with Crippen LogP contribution in [0.3, 0.4) is 0 Å². The molecule has 8 heteroatoms. The van der Waals surface area contributed by atoms with Crippen LogP contribution in [0.4, 0.5) is 4.79 Å². The van der Waals surface area contributed by atoms with Crippen LogP contribution in [0, 0.1) is 0 Å². The summed E-state index contributed by atoms with van der Waals surface area (Å²) >= 11 is 0. The van der Waals surface area contributed by atoms with Gasteiger partial charge in [0.15, 0.2) is 0 Å². The summed E-state index contributed by atoms with van der Waals surface area (Å²) in [6, 6.07) is -1.93. The van der Waals surface area contributed by atoms with Crippen LogP contribution in [0.15, 0.2) is 0 Å². The molecule has 3 amide bonds. The van der Waals surface area contributed by atoms with Crippen molar-refractivity contribution in [1.29, 1.82) is 0 Å². The van der Waals surface area contributed by atoms with E-state index in [-0.39, 0.29) is 18.9 Å². The predicted molar refractivity (Wildman–Crippen MR) is 72.1 cm³/mol. The van der Waals surface area contributed by atoms with E-state index < -0.39 is 23.9 Å². The maximum absolute atomic E-state index is 11.7. The molecule has 0 aromatic heterocycles. The minimum absolute atomic E-state index is 0.0409. The van der Waals surface area contributed by atoms with E-state index in [2.05, 4.69) is 10.6 Å². The highest BCUT2D eigenvalue weighted by Crippen LogP contribution is 2.00. The average molecular weight is 289 g/mol. The smallest absolute Gasteiger partial charge is 0.326 e. The van der Waals surface area contributed by atoms with Crippen LogP contribution >= 0.6 is 0 Å². The molecule has 116 valence electrons. The second-order valence-corrected chi connectivity index (χ2v) is 4.45. The minimum atomic E-state index is -1.21. The van der Waals surface area contributed by atoms with Gasteiger partial charge in [0.25, 0.3) is 0 Å². The average Bonchev–Trinajstić information content (AvgIpc) is 2.34. The first-order valence-electron chi connectivity index (χ1n) is 6.47. The zero-order valence-corrected chi connectivity index (χ0v) is 11.8. The van der Waals surface area contributed by atoms with Crippen LogP contribution in [0.25, 0.3) is 0 Å². The van der Waals surface area contributed by atoms with Crippen LogP contribution in [-0.4, -0.2) is 48.8 Å². The number of aliphatic carboxylic acids is 1. The summed E-state index contributed by atoms with van der Waals surface area (Å²) < 4.78 is 4.97. The normalized spacial score (nSPS) is 13.3. The number of urea groups is 1. The second kappa shape index (κ2) is 10.0. The molecule has 0 spiro atoms. The third-order valence-electron chi connectivity index (χ3n) is 2.62. The molecule has 0 aliphatic carbocycles. The van der Waals surface area contributed by atoms with Gasteiger partial charge in [-0.25, -0.2) is 9.59 Å². The highest BCUT2D eigenvalue weighted by molar-refractivity contribution is 5.83. The summed E-state index contributed by atoms with van der Waals surface area (Å²) in [5.74, 6) is -1.82. The van der Waals surface area contributed by atoms with E-state index in [9.17, 15) is 14.4 Å². The lowest BCUT2D eigenvalue weighted by Crippen LogP contribution is -2.50. The van der Waals surface area contributed by atoms with Crippen molar-refractivity contribution in [3.8, 4) is 0 Å². The Kier molecular flexibility index (Phi) is 9.10. The van der Waals surface area contributed by atoms with Gasteiger partial charge < -0.3 is 26.2 Å². The number of rotatable bonds is 10. The molecule has 0 saturated heterocycles. The number of carboxylic acid groups (broad SMARTS) is 1. The van der Waals surface area contributed by atoms with Crippen molar-refractivity contribution in [1.82, 2.24) is 10.6 Å². The number of primary amides is 1. The molecule has 0 fully saturated rings. The van der Waals surface area contributed by atoms with Crippen LogP contribution in [0.1, 0.15) is 32.6 Å². The maximum Gasteiger partial charge on any atom is 0.326 e. The van der Waals surface area contributed by atoms with Crippen molar-refractivity contribution < 1.29 is 24.2 Å². The zero-order valence-electron chi connectivity index (χ0n) is 11.8. The highest BCUT2D eigenvalue weighted by atomic mass is 16.5. The standard InChI is InChI=1S/C12H23N3O5/c1-3-4-8(7-20-2)14-12(19)15-9(11(17)18)5-6-10(13)16/h8-9H,3-7H2,1-2H3,(H2,13,16)(H,17,18)(H2,14,15,19)/t8?,9-/m1/s1. The van der Waals surface area contributed by atoms with Gasteiger partial charge in [-0.1, -0.05) is 13.3 Å². The molecule has 0 aromatic rings. The molecule has 20 heavy (non-hydrogen) atoms. The number of ether oxygens (including phenoxy) is 1. The maximum atomic E-state index is 11.7. The van der Waals surface area contributed by atoms with Crippen LogP contribution in [0.2, 0.25) is 0 Å². The van der Waals surface area contributed by atoms with Crippen LogP contribution < -0.4 is 16.4 Å². The van der Waals surface area contributed by atoms with E-state index in [0.717, 1.165) is 12.8 Å². The first-order valence-corrected chi connectivity index (χ1v) is 6.47. The number of hydrogen-bond acceptors (Lipinski definition) is 4. The molecule has 5 N–H and O–H groups in total. The fourth-order valence-electron chi connectivity index (χ4n) is 1.68. The predicted octanol–water partition coefficient (Wildman–Crippen LogP) is -0.181. The Labute approximate surface area is 118 Å². The van der Waals surface area contributed by atoms with Crippen molar-refractivity contribution in [3.05, 3.63) is 0 Å². The van der Waals surface area contributed by atoms with Gasteiger partial charge in [0.05, 0.1) is 12.6 Å². The molecule has 0 rings (SSSR count). The third-order valence-corrected chi connectivity index (χ3v) is 2.62. The quantitative estimate of drug-likeness (QED) is 0.443. The van der Waals surface area contributed by atoms with E-state index in [0.29, 0.717) is 6.61 Å². The summed E-state index contributed by atoms with van der Waals surface area (Å²) in [5, 5.41) is 13.9. The van der Waals surface area contributed by atoms with Gasteiger partial charge in [-0.3, -0.25) is 4.79 Å². The molecule has 0 radical (unpaired) electrons. The molecule has 0 saturated carbocycles. The van der Waals surface area contributed by atoms with Crippen LogP contribution in [-0.2, 0) is 14.3 Å². The molecule has 0 aromatic carbocycles. The van der Waals surface area contributed by atoms with Crippen molar-refractivity contribution in [3.63, 3.8) is 0 Å². The lowest BCUT2D eigenvalue weighted by molar-refractivity contribution is -0.139. The number of carbonyl (C=O) groups is 3. The van der Waals surface area contributed by atoms with Gasteiger partial charge in [0.2, 0.25) is 5.91 Å². The molecular formula is C12H23N3O5. The van der Waals surface area contributed by atoms with Crippen molar-refractivity contribution in [2.24, 2.45) is 5.73 Å². The summed E-state index contributed by atoms with van der Waals surface area (Å²) in [5.41, 5.74) is 4.95. The Balaban J connectivity index is 4.35. The van der Waals surface area contributed by atoms with E-state index in [1.165, 1.54) is 7.11 Å². The third kappa shape index (κ3) is 8.30. The summed E-state index contributed by atoms with van der Waals surface area (Å²) in [7, 11) is 1.52. The molecule has 1 unspecified atom stereocenters. The highest BCUT2D eigenvalue weighted by Gasteiger charge is 2.21. The van der Waals surface area contributed by atoms with Gasteiger partial charge in [-0.05, 0) is 12.8 Å². The fraction of sp³-hybridized carbons (Fsp3) is 0.750. The van der Waals surface area contributed by atoms with E-state index >= 15 is 0 Å². The molecular weight excluding hydrogens is 266 g/mol. The van der Waals surface area contributed by atoms with Gasteiger partial charge in [0, 0.05) is 13.5 Å². The Bertz CT molecular complexity index is 329. The SMILES string of the molecule is CCCC(COC)NC(=O)N[C@H](CCC(N)=O)C(=O)O. The lowest BCUT2D eigenvalue weighted by Gasteiger charge is -2.20. The number of nitrogens with one attached hydrogen (secondary N) is 2. The van der Waals surface area contributed by atoms with Crippen LogP contribution in [0.5, 0.6) is 0 Å². The van der Waals surface area contributed by atoms with E-state index in [4.69, 9.17) is 15.6 Å². The molecule has 8 nitrogen and oxygen atoms in total. The Morgan fingerprint density at radius 2 is 1.90 bits per heavy atom. The number of carboxylic acids is 1. The topological polar surface area (TPSA) is 131 Å². The second-order valence-electron chi connectivity index (χ2n) is 4.45.